The molecule has 2 aliphatic rings. The Morgan fingerprint density at radius 1 is 1.29 bits per heavy atom. The molecular weight excluding hydrogens is 284 g/mol. The van der Waals surface area contributed by atoms with Crippen LogP contribution < -0.4 is 0 Å². The number of aromatic nitrogens is 3. The summed E-state index contributed by atoms with van der Waals surface area (Å²) < 4.78 is 4.80. The number of likely N-dealkylation sites (tertiary alicyclic amines) is 1. The second-order valence-electron chi connectivity index (χ2n) is 6.15. The molecule has 0 radical (unpaired) electrons. The number of rotatable bonds is 3. The fraction of sp³-hybridized carbons (Fsp3) is 0.667. The Bertz CT molecular complexity index is 614. The molecule has 3 heterocycles. The van der Waals surface area contributed by atoms with Gasteiger partial charge in [0.1, 0.15) is 11.4 Å². The lowest BCUT2D eigenvalue weighted by molar-refractivity contribution is 0.193. The van der Waals surface area contributed by atoms with Gasteiger partial charge in [-0.1, -0.05) is 10.3 Å². The van der Waals surface area contributed by atoms with Crippen LogP contribution in [-0.4, -0.2) is 33.3 Å². The van der Waals surface area contributed by atoms with Crippen molar-refractivity contribution in [1.29, 1.82) is 0 Å². The van der Waals surface area contributed by atoms with Crippen LogP contribution in [0.3, 0.4) is 0 Å². The van der Waals surface area contributed by atoms with Crippen LogP contribution in [-0.2, 0) is 19.4 Å². The Balaban J connectivity index is 1.46. The average molecular weight is 304 g/mol. The molecule has 21 heavy (non-hydrogen) atoms. The molecule has 2 aromatic heterocycles. The maximum absolute atomic E-state index is 4.91. The molecule has 0 saturated carbocycles. The van der Waals surface area contributed by atoms with E-state index in [4.69, 9.17) is 9.61 Å². The fourth-order valence-corrected chi connectivity index (χ4v) is 4.67. The summed E-state index contributed by atoms with van der Waals surface area (Å²) in [6.07, 6.45) is 6.22. The van der Waals surface area contributed by atoms with E-state index in [2.05, 4.69) is 15.2 Å². The first kappa shape index (κ1) is 13.4. The average Bonchev–Trinajstić information content (AvgIpc) is 3.16. The van der Waals surface area contributed by atoms with Crippen LogP contribution >= 0.6 is 11.3 Å². The Hall–Kier alpha value is -1.27. The standard InChI is InChI=1S/C15H20N4OS/c1-10-13(18-20-17-10)9-19-7-3-4-11(8-19)15-16-12-5-2-6-14(12)21-15/h11H,2-9H2,1H3. The van der Waals surface area contributed by atoms with Crippen molar-refractivity contribution < 1.29 is 4.63 Å². The Kier molecular flexibility index (Phi) is 3.51. The van der Waals surface area contributed by atoms with Crippen LogP contribution in [0.4, 0.5) is 0 Å². The van der Waals surface area contributed by atoms with Crippen molar-refractivity contribution in [2.75, 3.05) is 13.1 Å². The van der Waals surface area contributed by atoms with Crippen molar-refractivity contribution in [2.45, 2.75) is 51.5 Å². The number of thiazole rings is 1. The normalized spacial score (nSPS) is 22.6. The first-order chi connectivity index (χ1) is 10.3. The summed E-state index contributed by atoms with van der Waals surface area (Å²) in [6.45, 7) is 5.02. The maximum Gasteiger partial charge on any atom is 0.122 e. The molecule has 1 atom stereocenters. The lowest BCUT2D eigenvalue weighted by Crippen LogP contribution is -2.34. The molecule has 2 aromatic rings. The summed E-state index contributed by atoms with van der Waals surface area (Å²) in [5.41, 5.74) is 3.26. The second kappa shape index (κ2) is 5.50. The molecule has 112 valence electrons. The van der Waals surface area contributed by atoms with E-state index in [-0.39, 0.29) is 0 Å². The van der Waals surface area contributed by atoms with E-state index < -0.39 is 0 Å². The van der Waals surface area contributed by atoms with E-state index in [1.807, 2.05) is 18.3 Å². The Labute approximate surface area is 128 Å². The zero-order chi connectivity index (χ0) is 14.2. The third-order valence-corrected chi connectivity index (χ3v) is 5.91. The van der Waals surface area contributed by atoms with Gasteiger partial charge in [0.2, 0.25) is 0 Å². The molecule has 0 amide bonds. The molecule has 1 fully saturated rings. The molecular formula is C15H20N4OS. The fourth-order valence-electron chi connectivity index (χ4n) is 3.39. The number of fused-ring (bicyclic) bond motifs is 1. The van der Waals surface area contributed by atoms with Crippen molar-refractivity contribution in [3.63, 3.8) is 0 Å². The van der Waals surface area contributed by atoms with Crippen LogP contribution in [0, 0.1) is 6.92 Å². The molecule has 0 aromatic carbocycles. The van der Waals surface area contributed by atoms with Gasteiger partial charge in [0.15, 0.2) is 0 Å². The number of hydrogen-bond donors (Lipinski definition) is 0. The second-order valence-corrected chi connectivity index (χ2v) is 7.26. The van der Waals surface area contributed by atoms with Crippen LogP contribution in [0.15, 0.2) is 4.63 Å². The van der Waals surface area contributed by atoms with E-state index in [0.29, 0.717) is 5.92 Å². The smallest absolute Gasteiger partial charge is 0.122 e. The zero-order valence-corrected chi connectivity index (χ0v) is 13.2. The van der Waals surface area contributed by atoms with Crippen LogP contribution in [0.2, 0.25) is 0 Å². The highest BCUT2D eigenvalue weighted by Crippen LogP contribution is 2.35. The summed E-state index contributed by atoms with van der Waals surface area (Å²) in [7, 11) is 0. The van der Waals surface area contributed by atoms with Gasteiger partial charge in [0.05, 0.1) is 10.7 Å². The summed E-state index contributed by atoms with van der Waals surface area (Å²) in [5, 5.41) is 9.24. The van der Waals surface area contributed by atoms with E-state index in [1.54, 1.807) is 4.88 Å². The summed E-state index contributed by atoms with van der Waals surface area (Å²) in [4.78, 5) is 8.91. The molecule has 1 saturated heterocycles. The van der Waals surface area contributed by atoms with E-state index in [9.17, 15) is 0 Å². The number of aryl methyl sites for hydroxylation is 3. The van der Waals surface area contributed by atoms with Gasteiger partial charge in [0.25, 0.3) is 0 Å². The SMILES string of the molecule is Cc1nonc1CN1CCCC(c2nc3c(s2)CCC3)C1. The summed E-state index contributed by atoms with van der Waals surface area (Å²) >= 11 is 1.96. The van der Waals surface area contributed by atoms with Crippen molar-refractivity contribution >= 4 is 11.3 Å². The molecule has 1 aliphatic heterocycles. The van der Waals surface area contributed by atoms with Gasteiger partial charge in [-0.05, 0) is 45.6 Å². The van der Waals surface area contributed by atoms with Gasteiger partial charge in [-0.3, -0.25) is 4.90 Å². The van der Waals surface area contributed by atoms with Gasteiger partial charge in [-0.15, -0.1) is 11.3 Å². The predicted octanol–water partition coefficient (Wildman–Crippen LogP) is 2.70. The molecule has 1 unspecified atom stereocenters. The van der Waals surface area contributed by atoms with Gasteiger partial charge >= 0.3 is 0 Å². The van der Waals surface area contributed by atoms with Crippen LogP contribution in [0.25, 0.3) is 0 Å². The topological polar surface area (TPSA) is 55.1 Å². The van der Waals surface area contributed by atoms with E-state index in [0.717, 1.165) is 31.0 Å². The molecule has 0 spiro atoms. The van der Waals surface area contributed by atoms with Gasteiger partial charge < -0.3 is 0 Å². The molecule has 5 nitrogen and oxygen atoms in total. The Morgan fingerprint density at radius 3 is 3.05 bits per heavy atom. The highest BCUT2D eigenvalue weighted by Gasteiger charge is 2.27. The predicted molar refractivity (Wildman–Crippen MR) is 80.4 cm³/mol. The maximum atomic E-state index is 4.91. The van der Waals surface area contributed by atoms with Crippen LogP contribution in [0.5, 0.6) is 0 Å². The largest absolute Gasteiger partial charge is 0.297 e. The van der Waals surface area contributed by atoms with Crippen molar-refractivity contribution in [3.05, 3.63) is 27.0 Å². The summed E-state index contributed by atoms with van der Waals surface area (Å²) in [6, 6.07) is 0. The Morgan fingerprint density at radius 2 is 2.24 bits per heavy atom. The number of hydrogen-bond acceptors (Lipinski definition) is 6. The van der Waals surface area contributed by atoms with E-state index in [1.165, 1.54) is 42.8 Å². The number of nitrogens with zero attached hydrogens (tertiary/aromatic N) is 4. The van der Waals surface area contributed by atoms with Crippen molar-refractivity contribution in [3.8, 4) is 0 Å². The van der Waals surface area contributed by atoms with Gasteiger partial charge in [0, 0.05) is 23.9 Å². The van der Waals surface area contributed by atoms with Gasteiger partial charge in [-0.2, -0.15) is 0 Å². The minimum atomic E-state index is 0.592. The lowest BCUT2D eigenvalue weighted by Gasteiger charge is -2.31. The molecule has 1 aliphatic carbocycles. The molecule has 0 bridgehead atoms. The minimum Gasteiger partial charge on any atom is -0.297 e. The van der Waals surface area contributed by atoms with Crippen molar-refractivity contribution in [2.24, 2.45) is 0 Å². The first-order valence-electron chi connectivity index (χ1n) is 7.78. The third-order valence-electron chi connectivity index (χ3n) is 4.59. The quantitative estimate of drug-likeness (QED) is 0.872. The van der Waals surface area contributed by atoms with Crippen LogP contribution in [0.1, 0.15) is 52.1 Å². The van der Waals surface area contributed by atoms with Gasteiger partial charge in [-0.25, -0.2) is 9.61 Å². The molecule has 6 heteroatoms. The monoisotopic (exact) mass is 304 g/mol. The van der Waals surface area contributed by atoms with E-state index >= 15 is 0 Å². The highest BCUT2D eigenvalue weighted by atomic mass is 32.1. The molecule has 0 N–H and O–H groups in total. The first-order valence-corrected chi connectivity index (χ1v) is 8.60. The minimum absolute atomic E-state index is 0.592. The lowest BCUT2D eigenvalue weighted by atomic mass is 9.98. The number of piperidine rings is 1. The zero-order valence-electron chi connectivity index (χ0n) is 12.3. The highest BCUT2D eigenvalue weighted by molar-refractivity contribution is 7.11. The molecule has 4 rings (SSSR count). The third kappa shape index (κ3) is 2.62. The summed E-state index contributed by atoms with van der Waals surface area (Å²) in [5.74, 6) is 0.592. The van der Waals surface area contributed by atoms with Crippen molar-refractivity contribution in [1.82, 2.24) is 20.2 Å².